The molecule has 5 atom stereocenters. The van der Waals surface area contributed by atoms with Crippen LogP contribution in [0.4, 0.5) is 0 Å². The highest BCUT2D eigenvalue weighted by Gasteiger charge is 2.60. The van der Waals surface area contributed by atoms with E-state index in [9.17, 15) is 4.79 Å². The first-order valence-corrected chi connectivity index (χ1v) is 9.29. The number of carbonyl (C=O) groups is 1. The van der Waals surface area contributed by atoms with E-state index in [-0.39, 0.29) is 18.5 Å². The van der Waals surface area contributed by atoms with Crippen molar-refractivity contribution in [3.8, 4) is 0 Å². The second-order valence-corrected chi connectivity index (χ2v) is 8.05. The van der Waals surface area contributed by atoms with Gasteiger partial charge in [-0.2, -0.15) is 0 Å². The SMILES string of the molecule is CC1(C)O[C@@H]2[C@H](O1)[C@@H](OC(=O)Cc1ccccc1)O[C@@H]2[C@H]1COC(C)(C)O1. The van der Waals surface area contributed by atoms with E-state index >= 15 is 0 Å². The highest BCUT2D eigenvalue weighted by atomic mass is 16.8. The van der Waals surface area contributed by atoms with E-state index in [1.54, 1.807) is 0 Å². The van der Waals surface area contributed by atoms with Crippen LogP contribution in [0.3, 0.4) is 0 Å². The Morgan fingerprint density at radius 1 is 1.00 bits per heavy atom. The fraction of sp³-hybridized carbons (Fsp3) is 0.650. The molecule has 4 rings (SSSR count). The van der Waals surface area contributed by atoms with Crippen LogP contribution in [0.25, 0.3) is 0 Å². The Bertz CT molecular complexity index is 687. The van der Waals surface area contributed by atoms with Crippen molar-refractivity contribution >= 4 is 5.97 Å². The van der Waals surface area contributed by atoms with Crippen molar-refractivity contribution in [2.75, 3.05) is 6.61 Å². The quantitative estimate of drug-likeness (QED) is 0.744. The summed E-state index contributed by atoms with van der Waals surface area (Å²) in [5.74, 6) is -1.83. The number of benzene rings is 1. The van der Waals surface area contributed by atoms with Crippen LogP contribution in [0, 0.1) is 0 Å². The normalized spacial score (nSPS) is 36.5. The molecule has 3 saturated heterocycles. The summed E-state index contributed by atoms with van der Waals surface area (Å²) < 4.78 is 35.2. The highest BCUT2D eigenvalue weighted by molar-refractivity contribution is 5.72. The van der Waals surface area contributed by atoms with E-state index in [2.05, 4.69) is 0 Å². The van der Waals surface area contributed by atoms with Crippen molar-refractivity contribution < 1.29 is 33.2 Å². The highest BCUT2D eigenvalue weighted by Crippen LogP contribution is 2.42. The lowest BCUT2D eigenvalue weighted by Gasteiger charge is -2.26. The minimum atomic E-state index is -0.842. The third kappa shape index (κ3) is 4.02. The Labute approximate surface area is 158 Å². The second-order valence-electron chi connectivity index (χ2n) is 8.05. The van der Waals surface area contributed by atoms with Crippen LogP contribution in [0.15, 0.2) is 30.3 Å². The van der Waals surface area contributed by atoms with Gasteiger partial charge in [0, 0.05) is 0 Å². The number of rotatable bonds is 4. The first-order valence-electron chi connectivity index (χ1n) is 9.29. The van der Waals surface area contributed by atoms with Gasteiger partial charge in [-0.15, -0.1) is 0 Å². The molecule has 3 fully saturated rings. The van der Waals surface area contributed by atoms with Gasteiger partial charge in [0.15, 0.2) is 17.7 Å². The summed E-state index contributed by atoms with van der Waals surface area (Å²) in [6.45, 7) is 7.76. The van der Waals surface area contributed by atoms with E-state index in [1.165, 1.54) is 0 Å². The maximum Gasteiger partial charge on any atom is 0.312 e. The fourth-order valence-electron chi connectivity index (χ4n) is 3.80. The molecular weight excluding hydrogens is 352 g/mol. The lowest BCUT2D eigenvalue weighted by Crippen LogP contribution is -2.40. The van der Waals surface area contributed by atoms with Gasteiger partial charge in [-0.05, 0) is 33.3 Å². The van der Waals surface area contributed by atoms with Crippen LogP contribution in [-0.4, -0.2) is 54.9 Å². The van der Waals surface area contributed by atoms with Crippen molar-refractivity contribution in [3.05, 3.63) is 35.9 Å². The monoisotopic (exact) mass is 378 g/mol. The van der Waals surface area contributed by atoms with E-state index in [4.69, 9.17) is 28.4 Å². The van der Waals surface area contributed by atoms with E-state index in [1.807, 2.05) is 58.0 Å². The number of ether oxygens (including phenoxy) is 6. The van der Waals surface area contributed by atoms with E-state index in [0.29, 0.717) is 6.61 Å². The number of carbonyl (C=O) groups excluding carboxylic acids is 1. The maximum atomic E-state index is 12.4. The molecule has 0 aromatic heterocycles. The fourth-order valence-corrected chi connectivity index (χ4v) is 3.80. The molecule has 1 aromatic carbocycles. The number of esters is 1. The van der Waals surface area contributed by atoms with Gasteiger partial charge in [-0.25, -0.2) is 0 Å². The van der Waals surface area contributed by atoms with Gasteiger partial charge in [0.2, 0.25) is 6.29 Å². The van der Waals surface area contributed by atoms with Gasteiger partial charge in [0.1, 0.15) is 18.3 Å². The summed E-state index contributed by atoms with van der Waals surface area (Å²) in [7, 11) is 0. The van der Waals surface area contributed by atoms with Crippen molar-refractivity contribution in [1.29, 1.82) is 0 Å². The van der Waals surface area contributed by atoms with Gasteiger partial charge in [-0.1, -0.05) is 30.3 Å². The molecule has 7 heteroatoms. The van der Waals surface area contributed by atoms with Crippen molar-refractivity contribution in [2.24, 2.45) is 0 Å². The Kier molecular flexibility index (Phi) is 4.76. The van der Waals surface area contributed by atoms with Crippen molar-refractivity contribution in [1.82, 2.24) is 0 Å². The average molecular weight is 378 g/mol. The summed E-state index contributed by atoms with van der Waals surface area (Å²) in [6.07, 6.45) is -2.32. The predicted molar refractivity (Wildman–Crippen MR) is 93.6 cm³/mol. The standard InChI is InChI=1S/C20H26O7/c1-19(2)22-11-13(25-19)15-16-17(27-20(3,4)26-16)18(24-15)23-14(21)10-12-8-6-5-7-9-12/h5-9,13,15-18H,10-11H2,1-4H3/t13-,15-,16+,17+,18+/m1/s1. The molecule has 148 valence electrons. The Morgan fingerprint density at radius 2 is 1.70 bits per heavy atom. The van der Waals surface area contributed by atoms with Crippen molar-refractivity contribution in [2.45, 2.75) is 76.4 Å². The molecule has 0 amide bonds. The first kappa shape index (κ1) is 18.8. The molecular formula is C20H26O7. The third-order valence-corrected chi connectivity index (χ3v) is 4.88. The summed E-state index contributed by atoms with van der Waals surface area (Å²) in [6, 6.07) is 9.44. The molecule has 7 nitrogen and oxygen atoms in total. The van der Waals surface area contributed by atoms with Crippen LogP contribution < -0.4 is 0 Å². The zero-order chi connectivity index (χ0) is 19.2. The largest absolute Gasteiger partial charge is 0.432 e. The lowest BCUT2D eigenvalue weighted by atomic mass is 10.1. The van der Waals surface area contributed by atoms with Gasteiger partial charge < -0.3 is 28.4 Å². The smallest absolute Gasteiger partial charge is 0.312 e. The zero-order valence-electron chi connectivity index (χ0n) is 16.0. The van der Waals surface area contributed by atoms with Crippen LogP contribution in [0.2, 0.25) is 0 Å². The predicted octanol–water partition coefficient (Wildman–Crippen LogP) is 2.17. The van der Waals surface area contributed by atoms with E-state index < -0.39 is 36.2 Å². The maximum absolute atomic E-state index is 12.4. The molecule has 0 aliphatic carbocycles. The minimum absolute atomic E-state index is 0.170. The Balaban J connectivity index is 1.45. The Morgan fingerprint density at radius 3 is 2.37 bits per heavy atom. The summed E-state index contributed by atoms with van der Waals surface area (Å²) in [4.78, 5) is 12.4. The molecule has 3 aliphatic rings. The first-order chi connectivity index (χ1) is 12.7. The molecule has 0 spiro atoms. The Hall–Kier alpha value is -1.51. The molecule has 0 saturated carbocycles. The zero-order valence-corrected chi connectivity index (χ0v) is 16.0. The van der Waals surface area contributed by atoms with Crippen LogP contribution in [0.5, 0.6) is 0 Å². The molecule has 0 radical (unpaired) electrons. The topological polar surface area (TPSA) is 72.5 Å². The lowest BCUT2D eigenvalue weighted by molar-refractivity contribution is -0.244. The molecule has 0 N–H and O–H groups in total. The van der Waals surface area contributed by atoms with E-state index in [0.717, 1.165) is 5.56 Å². The van der Waals surface area contributed by atoms with Crippen molar-refractivity contribution in [3.63, 3.8) is 0 Å². The molecule has 0 bridgehead atoms. The summed E-state index contributed by atoms with van der Waals surface area (Å²) in [5, 5.41) is 0. The van der Waals surface area contributed by atoms with Crippen LogP contribution in [0.1, 0.15) is 33.3 Å². The molecule has 1 aromatic rings. The molecule has 0 unspecified atom stereocenters. The van der Waals surface area contributed by atoms with Gasteiger partial charge in [0.25, 0.3) is 0 Å². The van der Waals surface area contributed by atoms with Gasteiger partial charge in [-0.3, -0.25) is 4.79 Å². The van der Waals surface area contributed by atoms with Gasteiger partial charge in [0.05, 0.1) is 13.0 Å². The summed E-state index contributed by atoms with van der Waals surface area (Å²) in [5.41, 5.74) is 0.881. The molecule has 27 heavy (non-hydrogen) atoms. The molecule has 3 heterocycles. The average Bonchev–Trinajstić information content (AvgIpc) is 3.20. The summed E-state index contributed by atoms with van der Waals surface area (Å²) >= 11 is 0. The molecule has 3 aliphatic heterocycles. The third-order valence-electron chi connectivity index (χ3n) is 4.88. The number of hydrogen-bond acceptors (Lipinski definition) is 7. The van der Waals surface area contributed by atoms with Crippen LogP contribution >= 0.6 is 0 Å². The van der Waals surface area contributed by atoms with Gasteiger partial charge >= 0.3 is 5.97 Å². The minimum Gasteiger partial charge on any atom is -0.432 e. The number of hydrogen-bond donors (Lipinski definition) is 0. The number of fused-ring (bicyclic) bond motifs is 1. The second kappa shape index (κ2) is 6.83. The van der Waals surface area contributed by atoms with Crippen LogP contribution in [-0.2, 0) is 39.6 Å².